The zero-order chi connectivity index (χ0) is 21.7. The van der Waals surface area contributed by atoms with Gasteiger partial charge in [-0.2, -0.15) is 0 Å². The predicted octanol–water partition coefficient (Wildman–Crippen LogP) is 3.45. The van der Waals surface area contributed by atoms with E-state index in [9.17, 15) is 8.42 Å². The van der Waals surface area contributed by atoms with Crippen molar-refractivity contribution in [3.8, 4) is 5.75 Å². The molecule has 7 heteroatoms. The largest absolute Gasteiger partial charge is 0.491 e. The van der Waals surface area contributed by atoms with E-state index in [0.29, 0.717) is 12.2 Å². The average Bonchev–Trinajstić information content (AvgIpc) is 2.72. The van der Waals surface area contributed by atoms with Crippen LogP contribution in [-0.4, -0.2) is 40.4 Å². The Kier molecular flexibility index (Phi) is 7.39. The summed E-state index contributed by atoms with van der Waals surface area (Å²) in [6, 6.07) is 16.6. The van der Waals surface area contributed by atoms with E-state index in [4.69, 9.17) is 4.74 Å². The fourth-order valence-corrected chi connectivity index (χ4v) is 4.32. The molecule has 30 heavy (non-hydrogen) atoms. The zero-order valence-electron chi connectivity index (χ0n) is 18.3. The third-order valence-corrected chi connectivity index (χ3v) is 6.65. The molecule has 1 heterocycles. The number of benzene rings is 2. The number of anilines is 1. The Balaban J connectivity index is 1.82. The first-order valence-electron chi connectivity index (χ1n) is 10.5. The topological polar surface area (TPSA) is 70.7 Å². The van der Waals surface area contributed by atoms with Crippen LogP contribution in [0.2, 0.25) is 0 Å². The molecule has 0 radical (unpaired) electrons. The standard InChI is InChI=1S/C23H33N3O3S/c1-17(2)29-22-13-12-20(26(3)30(4,27)28)15-19(22)16-25-21-11-8-14-24-23(21)18-9-6-5-7-10-18/h5-7,9-10,12-13,15,17,21,23-25H,8,11,14,16H2,1-4H3. The lowest BCUT2D eigenvalue weighted by molar-refractivity contribution is 0.238. The van der Waals surface area contributed by atoms with E-state index in [-0.39, 0.29) is 18.2 Å². The molecular formula is C23H33N3O3S. The van der Waals surface area contributed by atoms with Gasteiger partial charge in [-0.1, -0.05) is 30.3 Å². The Labute approximate surface area is 180 Å². The number of nitrogens with zero attached hydrogens (tertiary/aromatic N) is 1. The van der Waals surface area contributed by atoms with Gasteiger partial charge >= 0.3 is 0 Å². The van der Waals surface area contributed by atoms with E-state index in [1.807, 2.05) is 32.0 Å². The molecule has 0 amide bonds. The molecular weight excluding hydrogens is 398 g/mol. The summed E-state index contributed by atoms with van der Waals surface area (Å²) < 4.78 is 31.3. The highest BCUT2D eigenvalue weighted by Crippen LogP contribution is 2.29. The summed E-state index contributed by atoms with van der Waals surface area (Å²) in [5.41, 5.74) is 2.86. The van der Waals surface area contributed by atoms with E-state index in [1.54, 1.807) is 13.1 Å². The Bertz CT molecular complexity index is 932. The van der Waals surface area contributed by atoms with Crippen LogP contribution in [-0.2, 0) is 16.6 Å². The van der Waals surface area contributed by atoms with Crippen molar-refractivity contribution < 1.29 is 13.2 Å². The van der Waals surface area contributed by atoms with Crippen molar-refractivity contribution in [3.63, 3.8) is 0 Å². The fourth-order valence-electron chi connectivity index (χ4n) is 3.82. The van der Waals surface area contributed by atoms with Crippen molar-refractivity contribution in [1.82, 2.24) is 10.6 Å². The smallest absolute Gasteiger partial charge is 0.231 e. The molecule has 6 nitrogen and oxygen atoms in total. The van der Waals surface area contributed by atoms with Crippen molar-refractivity contribution in [3.05, 3.63) is 59.7 Å². The molecule has 2 unspecified atom stereocenters. The second-order valence-corrected chi connectivity index (χ2v) is 10.2. The number of nitrogens with one attached hydrogen (secondary N) is 2. The highest BCUT2D eigenvalue weighted by molar-refractivity contribution is 7.92. The minimum atomic E-state index is -3.33. The highest BCUT2D eigenvalue weighted by Gasteiger charge is 2.26. The molecule has 1 saturated heterocycles. The maximum Gasteiger partial charge on any atom is 0.231 e. The lowest BCUT2D eigenvalue weighted by Gasteiger charge is -2.34. The van der Waals surface area contributed by atoms with Crippen molar-refractivity contribution in [2.24, 2.45) is 0 Å². The third kappa shape index (κ3) is 5.74. The molecule has 2 atom stereocenters. The van der Waals surface area contributed by atoms with Gasteiger partial charge in [0.05, 0.1) is 18.0 Å². The van der Waals surface area contributed by atoms with Crippen LogP contribution in [0, 0.1) is 0 Å². The minimum absolute atomic E-state index is 0.0376. The second-order valence-electron chi connectivity index (χ2n) is 8.16. The molecule has 0 aliphatic carbocycles. The molecule has 0 spiro atoms. The first kappa shape index (κ1) is 22.6. The van der Waals surface area contributed by atoms with Gasteiger partial charge in [-0.05, 0) is 57.0 Å². The minimum Gasteiger partial charge on any atom is -0.491 e. The zero-order valence-corrected chi connectivity index (χ0v) is 19.1. The van der Waals surface area contributed by atoms with Crippen molar-refractivity contribution >= 4 is 15.7 Å². The average molecular weight is 432 g/mol. The summed E-state index contributed by atoms with van der Waals surface area (Å²) in [7, 11) is -1.76. The molecule has 1 aliphatic rings. The summed E-state index contributed by atoms with van der Waals surface area (Å²) >= 11 is 0. The first-order valence-corrected chi connectivity index (χ1v) is 12.4. The quantitative estimate of drug-likeness (QED) is 0.670. The molecule has 2 aromatic carbocycles. The van der Waals surface area contributed by atoms with E-state index < -0.39 is 10.0 Å². The third-order valence-electron chi connectivity index (χ3n) is 5.44. The molecule has 1 fully saturated rings. The lowest BCUT2D eigenvalue weighted by Crippen LogP contribution is -2.45. The molecule has 2 aromatic rings. The Morgan fingerprint density at radius 3 is 2.60 bits per heavy atom. The highest BCUT2D eigenvalue weighted by atomic mass is 32.2. The summed E-state index contributed by atoms with van der Waals surface area (Å²) in [4.78, 5) is 0. The second kappa shape index (κ2) is 9.81. The Morgan fingerprint density at radius 2 is 1.93 bits per heavy atom. The van der Waals surface area contributed by atoms with Gasteiger partial charge in [0, 0.05) is 31.2 Å². The molecule has 0 saturated carbocycles. The van der Waals surface area contributed by atoms with Crippen LogP contribution in [0.15, 0.2) is 48.5 Å². The van der Waals surface area contributed by atoms with Crippen LogP contribution in [0.5, 0.6) is 5.75 Å². The van der Waals surface area contributed by atoms with E-state index in [2.05, 4.69) is 34.9 Å². The van der Waals surface area contributed by atoms with Crippen LogP contribution in [0.1, 0.15) is 43.9 Å². The van der Waals surface area contributed by atoms with Crippen LogP contribution in [0.25, 0.3) is 0 Å². The normalized spacial score (nSPS) is 19.6. The number of hydrogen-bond donors (Lipinski definition) is 2. The summed E-state index contributed by atoms with van der Waals surface area (Å²) in [5, 5.41) is 7.33. The SMILES string of the molecule is CC(C)Oc1ccc(N(C)S(C)(=O)=O)cc1CNC1CCCNC1c1ccccc1. The molecule has 2 N–H and O–H groups in total. The number of piperidine rings is 1. The maximum absolute atomic E-state index is 12.0. The monoisotopic (exact) mass is 431 g/mol. The molecule has 3 rings (SSSR count). The van der Waals surface area contributed by atoms with E-state index >= 15 is 0 Å². The molecule has 164 valence electrons. The number of sulfonamides is 1. The van der Waals surface area contributed by atoms with Gasteiger partial charge in [0.1, 0.15) is 5.75 Å². The van der Waals surface area contributed by atoms with Crippen molar-refractivity contribution in [2.75, 3.05) is 24.2 Å². The van der Waals surface area contributed by atoms with Crippen LogP contribution in [0.4, 0.5) is 5.69 Å². The van der Waals surface area contributed by atoms with E-state index in [0.717, 1.165) is 30.7 Å². The maximum atomic E-state index is 12.0. The summed E-state index contributed by atoms with van der Waals surface area (Å²) in [6.07, 6.45) is 3.45. The molecule has 0 aromatic heterocycles. The van der Waals surface area contributed by atoms with Gasteiger partial charge in [0.15, 0.2) is 0 Å². The van der Waals surface area contributed by atoms with Gasteiger partial charge in [-0.3, -0.25) is 4.31 Å². The van der Waals surface area contributed by atoms with E-state index in [1.165, 1.54) is 16.1 Å². The van der Waals surface area contributed by atoms with Gasteiger partial charge in [0.2, 0.25) is 10.0 Å². The van der Waals surface area contributed by atoms with Crippen LogP contribution in [0.3, 0.4) is 0 Å². The molecule has 0 bridgehead atoms. The lowest BCUT2D eigenvalue weighted by atomic mass is 9.92. The van der Waals surface area contributed by atoms with Crippen molar-refractivity contribution in [1.29, 1.82) is 0 Å². The predicted molar refractivity (Wildman–Crippen MR) is 123 cm³/mol. The van der Waals surface area contributed by atoms with Gasteiger partial charge < -0.3 is 15.4 Å². The van der Waals surface area contributed by atoms with Gasteiger partial charge in [-0.15, -0.1) is 0 Å². The Hall–Kier alpha value is -2.09. The number of rotatable bonds is 8. The Morgan fingerprint density at radius 1 is 1.20 bits per heavy atom. The van der Waals surface area contributed by atoms with Gasteiger partial charge in [0.25, 0.3) is 0 Å². The molecule has 1 aliphatic heterocycles. The number of hydrogen-bond acceptors (Lipinski definition) is 5. The number of ether oxygens (including phenoxy) is 1. The van der Waals surface area contributed by atoms with Crippen molar-refractivity contribution in [2.45, 2.75) is 51.4 Å². The fraction of sp³-hybridized carbons (Fsp3) is 0.478. The van der Waals surface area contributed by atoms with Crippen LogP contribution >= 0.6 is 0 Å². The van der Waals surface area contributed by atoms with Crippen LogP contribution < -0.4 is 19.7 Å². The summed E-state index contributed by atoms with van der Waals surface area (Å²) in [6.45, 7) is 5.59. The summed E-state index contributed by atoms with van der Waals surface area (Å²) in [5.74, 6) is 0.781. The van der Waals surface area contributed by atoms with Gasteiger partial charge in [-0.25, -0.2) is 8.42 Å². The first-order chi connectivity index (χ1) is 14.3.